The van der Waals surface area contributed by atoms with E-state index in [0.717, 1.165) is 4.47 Å². The van der Waals surface area contributed by atoms with Gasteiger partial charge in [-0.1, -0.05) is 34.1 Å². The third-order valence-corrected chi connectivity index (χ3v) is 4.15. The van der Waals surface area contributed by atoms with Gasteiger partial charge in [0.05, 0.1) is 10.5 Å². The van der Waals surface area contributed by atoms with Gasteiger partial charge in [0.25, 0.3) is 0 Å². The molecule has 0 heterocycles. The fourth-order valence-corrected chi connectivity index (χ4v) is 2.51. The summed E-state index contributed by atoms with van der Waals surface area (Å²) in [5, 5.41) is 9.25. The minimum Gasteiger partial charge on any atom is -0.292 e. The van der Waals surface area contributed by atoms with E-state index in [1.54, 1.807) is 24.3 Å². The number of rotatable bonds is 3. The van der Waals surface area contributed by atoms with Crippen LogP contribution in [0.1, 0.15) is 21.8 Å². The van der Waals surface area contributed by atoms with Crippen molar-refractivity contribution in [3.63, 3.8) is 0 Å². The maximum atomic E-state index is 13.5. The minimum absolute atomic E-state index is 0.0855. The first-order valence-electron chi connectivity index (χ1n) is 5.68. The van der Waals surface area contributed by atoms with Crippen molar-refractivity contribution in [2.75, 3.05) is 0 Å². The average molecular weight is 397 g/mol. The Morgan fingerprint density at radius 2 is 1.80 bits per heavy atom. The van der Waals surface area contributed by atoms with Crippen LogP contribution in [-0.2, 0) is 0 Å². The molecule has 2 nitrogen and oxygen atoms in total. The van der Waals surface area contributed by atoms with Crippen LogP contribution >= 0.6 is 31.9 Å². The summed E-state index contributed by atoms with van der Waals surface area (Å²) in [6.07, 6.45) is 0. The third-order valence-electron chi connectivity index (χ3n) is 2.81. The minimum atomic E-state index is -0.957. The van der Waals surface area contributed by atoms with E-state index in [4.69, 9.17) is 0 Å². The van der Waals surface area contributed by atoms with Crippen LogP contribution in [0.5, 0.6) is 0 Å². The Bertz CT molecular complexity index is 692. The Balaban J connectivity index is 2.42. The summed E-state index contributed by atoms with van der Waals surface area (Å²) in [6, 6.07) is 13.1. The first kappa shape index (κ1) is 14.9. The Morgan fingerprint density at radius 1 is 1.15 bits per heavy atom. The number of nitrogens with zero attached hydrogens (tertiary/aromatic N) is 1. The molecule has 0 saturated carbocycles. The molecule has 100 valence electrons. The van der Waals surface area contributed by atoms with Gasteiger partial charge in [-0.3, -0.25) is 4.79 Å². The van der Waals surface area contributed by atoms with E-state index in [-0.39, 0.29) is 10.0 Å². The van der Waals surface area contributed by atoms with Crippen LogP contribution in [-0.4, -0.2) is 5.78 Å². The van der Waals surface area contributed by atoms with Gasteiger partial charge in [0.15, 0.2) is 5.78 Å². The van der Waals surface area contributed by atoms with Crippen LogP contribution in [0.25, 0.3) is 0 Å². The molecule has 1 unspecified atom stereocenters. The molecule has 0 amide bonds. The molecule has 2 aromatic rings. The van der Waals surface area contributed by atoms with E-state index in [0.29, 0.717) is 5.56 Å². The molecule has 0 aliphatic carbocycles. The summed E-state index contributed by atoms with van der Waals surface area (Å²) < 4.78 is 14.4. The molecule has 0 aromatic heterocycles. The first-order chi connectivity index (χ1) is 9.54. The van der Waals surface area contributed by atoms with Crippen LogP contribution < -0.4 is 0 Å². The predicted molar refractivity (Wildman–Crippen MR) is 80.9 cm³/mol. The van der Waals surface area contributed by atoms with Crippen molar-refractivity contribution < 1.29 is 9.18 Å². The number of halogens is 3. The number of nitriles is 1. The highest BCUT2D eigenvalue weighted by molar-refractivity contribution is 9.10. The standard InChI is InChI=1S/C15H8Br2FNO/c16-10-6-4-9(5-7-10)12(8-19)15(20)11-2-1-3-13(18)14(11)17/h1-7,12H. The lowest BCUT2D eigenvalue weighted by molar-refractivity contribution is 0.0977. The molecule has 2 rings (SSSR count). The monoisotopic (exact) mass is 395 g/mol. The second-order valence-electron chi connectivity index (χ2n) is 4.08. The smallest absolute Gasteiger partial charge is 0.185 e. The van der Waals surface area contributed by atoms with E-state index in [1.165, 1.54) is 18.2 Å². The average Bonchev–Trinajstić information content (AvgIpc) is 2.44. The Kier molecular flexibility index (Phi) is 4.69. The largest absolute Gasteiger partial charge is 0.292 e. The molecule has 0 spiro atoms. The van der Waals surface area contributed by atoms with Crippen molar-refractivity contribution in [2.45, 2.75) is 5.92 Å². The Hall–Kier alpha value is -1.51. The quantitative estimate of drug-likeness (QED) is 0.696. The molecule has 5 heteroatoms. The molecule has 0 radical (unpaired) electrons. The summed E-state index contributed by atoms with van der Waals surface area (Å²) in [6.45, 7) is 0. The van der Waals surface area contributed by atoms with Crippen molar-refractivity contribution in [3.8, 4) is 6.07 Å². The highest BCUT2D eigenvalue weighted by Crippen LogP contribution is 2.27. The Labute approximate surface area is 132 Å². The van der Waals surface area contributed by atoms with Crippen LogP contribution in [0.15, 0.2) is 51.4 Å². The molecule has 2 aromatic carbocycles. The number of ketones is 1. The number of hydrogen-bond donors (Lipinski definition) is 0. The van der Waals surface area contributed by atoms with Gasteiger partial charge in [0.1, 0.15) is 11.7 Å². The number of carbonyl (C=O) groups is 1. The number of hydrogen-bond acceptors (Lipinski definition) is 2. The summed E-state index contributed by atoms with van der Waals surface area (Å²) in [5.74, 6) is -1.91. The van der Waals surface area contributed by atoms with Crippen LogP contribution in [0, 0.1) is 17.1 Å². The van der Waals surface area contributed by atoms with Gasteiger partial charge < -0.3 is 0 Å². The fraction of sp³-hybridized carbons (Fsp3) is 0.0667. The molecule has 0 fully saturated rings. The van der Waals surface area contributed by atoms with E-state index >= 15 is 0 Å². The van der Waals surface area contributed by atoms with Gasteiger partial charge in [-0.25, -0.2) is 4.39 Å². The second kappa shape index (κ2) is 6.29. The lowest BCUT2D eigenvalue weighted by Gasteiger charge is -2.10. The van der Waals surface area contributed by atoms with Gasteiger partial charge in [0, 0.05) is 10.0 Å². The normalized spacial score (nSPS) is 11.7. The van der Waals surface area contributed by atoms with E-state index in [1.807, 2.05) is 6.07 Å². The number of carbonyl (C=O) groups excluding carboxylic acids is 1. The highest BCUT2D eigenvalue weighted by Gasteiger charge is 2.24. The first-order valence-corrected chi connectivity index (χ1v) is 7.26. The molecule has 1 atom stereocenters. The van der Waals surface area contributed by atoms with Crippen LogP contribution in [0.2, 0.25) is 0 Å². The molecule has 20 heavy (non-hydrogen) atoms. The van der Waals surface area contributed by atoms with Gasteiger partial charge in [-0.2, -0.15) is 5.26 Å². The number of Topliss-reactive ketones (excluding diaryl/α,β-unsaturated/α-hetero) is 1. The van der Waals surface area contributed by atoms with Gasteiger partial charge in [-0.05, 0) is 45.8 Å². The van der Waals surface area contributed by atoms with Gasteiger partial charge >= 0.3 is 0 Å². The summed E-state index contributed by atoms with van der Waals surface area (Å²) in [4.78, 5) is 12.4. The van der Waals surface area contributed by atoms with Gasteiger partial charge in [-0.15, -0.1) is 0 Å². The topological polar surface area (TPSA) is 40.9 Å². The van der Waals surface area contributed by atoms with Crippen molar-refractivity contribution in [1.82, 2.24) is 0 Å². The van der Waals surface area contributed by atoms with Crippen LogP contribution in [0.4, 0.5) is 4.39 Å². The molecular formula is C15H8Br2FNO. The van der Waals surface area contributed by atoms with E-state index in [2.05, 4.69) is 31.9 Å². The summed E-state index contributed by atoms with van der Waals surface area (Å²) >= 11 is 6.34. The molecule has 0 aliphatic rings. The van der Waals surface area contributed by atoms with Crippen LogP contribution in [0.3, 0.4) is 0 Å². The molecule has 0 bridgehead atoms. The van der Waals surface area contributed by atoms with Gasteiger partial charge in [0.2, 0.25) is 0 Å². The van der Waals surface area contributed by atoms with E-state index < -0.39 is 17.5 Å². The molecular weight excluding hydrogens is 389 g/mol. The maximum absolute atomic E-state index is 13.5. The zero-order chi connectivity index (χ0) is 14.7. The Morgan fingerprint density at radius 3 is 2.40 bits per heavy atom. The predicted octanol–water partition coefficient (Wildman–Crippen LogP) is 4.84. The van der Waals surface area contributed by atoms with Crippen molar-refractivity contribution in [3.05, 3.63) is 68.4 Å². The molecule has 0 N–H and O–H groups in total. The third kappa shape index (κ3) is 2.97. The molecule has 0 saturated heterocycles. The van der Waals surface area contributed by atoms with Crippen molar-refractivity contribution in [2.24, 2.45) is 0 Å². The van der Waals surface area contributed by atoms with Crippen molar-refractivity contribution >= 4 is 37.6 Å². The summed E-state index contributed by atoms with van der Waals surface area (Å²) in [7, 11) is 0. The number of benzene rings is 2. The fourth-order valence-electron chi connectivity index (χ4n) is 1.79. The summed E-state index contributed by atoms with van der Waals surface area (Å²) in [5.41, 5.74) is 0.747. The zero-order valence-electron chi connectivity index (χ0n) is 10.1. The lowest BCUT2D eigenvalue weighted by Crippen LogP contribution is -2.12. The molecule has 0 aliphatic heterocycles. The highest BCUT2D eigenvalue weighted by atomic mass is 79.9. The SMILES string of the molecule is N#CC(C(=O)c1cccc(F)c1Br)c1ccc(Br)cc1. The van der Waals surface area contributed by atoms with E-state index in [9.17, 15) is 14.4 Å². The zero-order valence-corrected chi connectivity index (χ0v) is 13.3. The second-order valence-corrected chi connectivity index (χ2v) is 5.79. The van der Waals surface area contributed by atoms with Crippen molar-refractivity contribution in [1.29, 1.82) is 5.26 Å². The lowest BCUT2D eigenvalue weighted by atomic mass is 9.92. The maximum Gasteiger partial charge on any atom is 0.185 e.